The lowest BCUT2D eigenvalue weighted by Crippen LogP contribution is -2.50. The standard InChI is InChI=1S/C15H23FN4/c1-15(4-6-17-11-15)12-19-7-9-20(10-8-19)14-13(16)3-2-5-18-14/h2-3,5,17H,4,6-12H2,1H3. The normalized spacial score (nSPS) is 28.0. The molecule has 0 spiro atoms. The van der Waals surface area contributed by atoms with Crippen LogP contribution in [0.5, 0.6) is 0 Å². The fourth-order valence-corrected chi connectivity index (χ4v) is 3.27. The maximum Gasteiger partial charge on any atom is 0.165 e. The molecule has 1 aromatic rings. The van der Waals surface area contributed by atoms with Gasteiger partial charge in [-0.2, -0.15) is 0 Å². The largest absolute Gasteiger partial charge is 0.352 e. The zero-order chi connectivity index (χ0) is 14.0. The number of aromatic nitrogens is 1. The molecule has 1 unspecified atom stereocenters. The minimum atomic E-state index is -0.215. The maximum absolute atomic E-state index is 13.7. The van der Waals surface area contributed by atoms with Gasteiger partial charge in [0.2, 0.25) is 0 Å². The molecule has 2 fully saturated rings. The second-order valence-electron chi connectivity index (χ2n) is 6.31. The van der Waals surface area contributed by atoms with Gasteiger partial charge >= 0.3 is 0 Å². The van der Waals surface area contributed by atoms with E-state index in [0.29, 0.717) is 11.2 Å². The Balaban J connectivity index is 1.56. The van der Waals surface area contributed by atoms with Crippen LogP contribution in [-0.2, 0) is 0 Å². The summed E-state index contributed by atoms with van der Waals surface area (Å²) in [5.74, 6) is 0.286. The first-order valence-electron chi connectivity index (χ1n) is 7.45. The summed E-state index contributed by atoms with van der Waals surface area (Å²) in [6.45, 7) is 9.44. The number of hydrogen-bond donors (Lipinski definition) is 1. The molecular formula is C15H23FN4. The predicted octanol–water partition coefficient (Wildman–Crippen LogP) is 1.34. The molecule has 0 aliphatic carbocycles. The first kappa shape index (κ1) is 13.8. The molecule has 3 rings (SSSR count). The maximum atomic E-state index is 13.7. The zero-order valence-electron chi connectivity index (χ0n) is 12.1. The number of halogens is 1. The van der Waals surface area contributed by atoms with Crippen LogP contribution >= 0.6 is 0 Å². The number of piperazine rings is 1. The van der Waals surface area contributed by atoms with Crippen molar-refractivity contribution in [3.8, 4) is 0 Å². The lowest BCUT2D eigenvalue weighted by Gasteiger charge is -2.39. The number of hydrogen-bond acceptors (Lipinski definition) is 4. The van der Waals surface area contributed by atoms with Gasteiger partial charge in [0.05, 0.1) is 0 Å². The molecule has 1 atom stereocenters. The molecule has 0 saturated carbocycles. The summed E-state index contributed by atoms with van der Waals surface area (Å²) in [5, 5.41) is 3.45. The highest BCUT2D eigenvalue weighted by Gasteiger charge is 2.32. The smallest absolute Gasteiger partial charge is 0.165 e. The third kappa shape index (κ3) is 2.94. The van der Waals surface area contributed by atoms with Crippen molar-refractivity contribution >= 4 is 5.82 Å². The van der Waals surface area contributed by atoms with E-state index in [9.17, 15) is 4.39 Å². The summed E-state index contributed by atoms with van der Waals surface area (Å²) in [7, 11) is 0. The summed E-state index contributed by atoms with van der Waals surface area (Å²) >= 11 is 0. The fraction of sp³-hybridized carbons (Fsp3) is 0.667. The van der Waals surface area contributed by atoms with E-state index in [1.165, 1.54) is 12.5 Å². The van der Waals surface area contributed by atoms with Crippen LogP contribution < -0.4 is 10.2 Å². The molecule has 0 bridgehead atoms. The van der Waals surface area contributed by atoms with Crippen LogP contribution in [0.25, 0.3) is 0 Å². The van der Waals surface area contributed by atoms with Crippen molar-refractivity contribution in [3.05, 3.63) is 24.1 Å². The Morgan fingerprint density at radius 3 is 2.80 bits per heavy atom. The summed E-state index contributed by atoms with van der Waals surface area (Å²) in [6.07, 6.45) is 2.91. The molecule has 2 aliphatic rings. The van der Waals surface area contributed by atoms with Crippen molar-refractivity contribution in [2.24, 2.45) is 5.41 Å². The van der Waals surface area contributed by atoms with Gasteiger partial charge < -0.3 is 10.2 Å². The molecule has 0 radical (unpaired) electrons. The Bertz CT molecular complexity index is 451. The Morgan fingerprint density at radius 2 is 2.15 bits per heavy atom. The van der Waals surface area contributed by atoms with Crippen molar-refractivity contribution in [1.82, 2.24) is 15.2 Å². The highest BCUT2D eigenvalue weighted by atomic mass is 19.1. The topological polar surface area (TPSA) is 31.4 Å². The van der Waals surface area contributed by atoms with Crippen molar-refractivity contribution in [1.29, 1.82) is 0 Å². The second-order valence-corrected chi connectivity index (χ2v) is 6.31. The average Bonchev–Trinajstić information content (AvgIpc) is 2.87. The molecule has 0 amide bonds. The molecule has 2 aliphatic heterocycles. The summed E-state index contributed by atoms with van der Waals surface area (Å²) in [6, 6.07) is 3.13. The zero-order valence-corrected chi connectivity index (χ0v) is 12.1. The van der Waals surface area contributed by atoms with Crippen LogP contribution in [0.3, 0.4) is 0 Å². The number of pyridine rings is 1. The Kier molecular flexibility index (Phi) is 3.89. The number of nitrogens with zero attached hydrogens (tertiary/aromatic N) is 3. The molecule has 4 nitrogen and oxygen atoms in total. The van der Waals surface area contributed by atoms with E-state index in [1.54, 1.807) is 12.3 Å². The second kappa shape index (κ2) is 5.66. The van der Waals surface area contributed by atoms with E-state index >= 15 is 0 Å². The van der Waals surface area contributed by atoms with E-state index in [2.05, 4.69) is 27.0 Å². The summed E-state index contributed by atoms with van der Waals surface area (Å²) in [5.41, 5.74) is 0.401. The first-order valence-corrected chi connectivity index (χ1v) is 7.45. The fourth-order valence-electron chi connectivity index (χ4n) is 3.27. The van der Waals surface area contributed by atoms with Gasteiger partial charge in [0.25, 0.3) is 0 Å². The van der Waals surface area contributed by atoms with Gasteiger partial charge in [-0.05, 0) is 30.5 Å². The summed E-state index contributed by atoms with van der Waals surface area (Å²) in [4.78, 5) is 8.73. The van der Waals surface area contributed by atoms with E-state index in [4.69, 9.17) is 0 Å². The third-order valence-electron chi connectivity index (χ3n) is 4.47. The van der Waals surface area contributed by atoms with Crippen LogP contribution in [0.4, 0.5) is 10.2 Å². The van der Waals surface area contributed by atoms with Gasteiger partial charge in [0.15, 0.2) is 11.6 Å². The highest BCUT2D eigenvalue weighted by Crippen LogP contribution is 2.26. The Hall–Kier alpha value is -1.20. The van der Waals surface area contributed by atoms with Gasteiger partial charge in [-0.15, -0.1) is 0 Å². The molecule has 2 saturated heterocycles. The highest BCUT2D eigenvalue weighted by molar-refractivity contribution is 5.40. The lowest BCUT2D eigenvalue weighted by molar-refractivity contribution is 0.169. The molecular weight excluding hydrogens is 255 g/mol. The lowest BCUT2D eigenvalue weighted by atomic mass is 9.89. The minimum absolute atomic E-state index is 0.215. The van der Waals surface area contributed by atoms with E-state index in [0.717, 1.165) is 45.8 Å². The summed E-state index contributed by atoms with van der Waals surface area (Å²) < 4.78 is 13.7. The predicted molar refractivity (Wildman–Crippen MR) is 78.4 cm³/mol. The van der Waals surface area contributed by atoms with Crippen LogP contribution in [0.1, 0.15) is 13.3 Å². The van der Waals surface area contributed by atoms with Gasteiger partial charge in [0.1, 0.15) is 0 Å². The Labute approximate surface area is 120 Å². The average molecular weight is 278 g/mol. The molecule has 20 heavy (non-hydrogen) atoms. The van der Waals surface area contributed by atoms with Gasteiger partial charge in [0, 0.05) is 45.5 Å². The molecule has 110 valence electrons. The molecule has 3 heterocycles. The van der Waals surface area contributed by atoms with E-state index in [-0.39, 0.29) is 5.82 Å². The van der Waals surface area contributed by atoms with E-state index < -0.39 is 0 Å². The van der Waals surface area contributed by atoms with Crippen molar-refractivity contribution in [3.63, 3.8) is 0 Å². The molecule has 1 N–H and O–H groups in total. The quantitative estimate of drug-likeness (QED) is 0.904. The van der Waals surface area contributed by atoms with Gasteiger partial charge in [-0.3, -0.25) is 4.90 Å². The molecule has 1 aromatic heterocycles. The van der Waals surface area contributed by atoms with Crippen LogP contribution in [0, 0.1) is 11.2 Å². The first-order chi connectivity index (χ1) is 9.66. The van der Waals surface area contributed by atoms with Crippen LogP contribution in [0.15, 0.2) is 18.3 Å². The number of anilines is 1. The molecule has 5 heteroatoms. The van der Waals surface area contributed by atoms with Crippen molar-refractivity contribution in [2.45, 2.75) is 13.3 Å². The van der Waals surface area contributed by atoms with Crippen molar-refractivity contribution < 1.29 is 4.39 Å². The number of rotatable bonds is 3. The molecule has 0 aromatic carbocycles. The van der Waals surface area contributed by atoms with Crippen LogP contribution in [-0.4, -0.2) is 55.7 Å². The van der Waals surface area contributed by atoms with Crippen molar-refractivity contribution in [2.75, 3.05) is 50.7 Å². The Morgan fingerprint density at radius 1 is 1.35 bits per heavy atom. The van der Waals surface area contributed by atoms with Crippen LogP contribution in [0.2, 0.25) is 0 Å². The number of nitrogens with one attached hydrogen (secondary N) is 1. The van der Waals surface area contributed by atoms with E-state index in [1.807, 2.05) is 0 Å². The monoisotopic (exact) mass is 278 g/mol. The SMILES string of the molecule is CC1(CN2CCN(c3ncccc3F)CC2)CCNC1. The minimum Gasteiger partial charge on any atom is -0.352 e. The van der Waals surface area contributed by atoms with Gasteiger partial charge in [-0.25, -0.2) is 9.37 Å². The third-order valence-corrected chi connectivity index (χ3v) is 4.47. The van der Waals surface area contributed by atoms with Gasteiger partial charge in [-0.1, -0.05) is 6.92 Å².